The minimum atomic E-state index is -0.913. The molecule has 4 rings (SSSR count). The minimum absolute atomic E-state index is 0.0439. The predicted octanol–water partition coefficient (Wildman–Crippen LogP) is 4.96. The fourth-order valence-corrected chi connectivity index (χ4v) is 3.84. The quantitative estimate of drug-likeness (QED) is 0.202. The van der Waals surface area contributed by atoms with Crippen molar-refractivity contribution in [2.45, 2.75) is 26.3 Å². The molecule has 2 heterocycles. The number of carbonyl (C=O) groups excluding carboxylic acids is 2. The Morgan fingerprint density at radius 2 is 1.77 bits per heavy atom. The number of carbonyl (C=O) groups is 2. The van der Waals surface area contributed by atoms with Crippen LogP contribution < -0.4 is 14.4 Å². The van der Waals surface area contributed by atoms with Crippen LogP contribution in [0.1, 0.15) is 36.3 Å². The Kier molecular flexibility index (Phi) is 7.01. The van der Waals surface area contributed by atoms with Crippen molar-refractivity contribution in [2.24, 2.45) is 0 Å². The van der Waals surface area contributed by atoms with Gasteiger partial charge >= 0.3 is 5.91 Å². The van der Waals surface area contributed by atoms with E-state index in [9.17, 15) is 14.7 Å². The zero-order valence-corrected chi connectivity index (χ0v) is 19.6. The molecule has 0 spiro atoms. The van der Waals surface area contributed by atoms with Gasteiger partial charge in [-0.05, 0) is 55.3 Å². The molecule has 1 aliphatic rings. The Hall–Kier alpha value is -4.33. The number of rotatable bonds is 9. The van der Waals surface area contributed by atoms with Crippen molar-refractivity contribution in [1.29, 1.82) is 0 Å². The zero-order valence-electron chi connectivity index (χ0n) is 19.6. The number of Topliss-reactive ketones (excluding diaryl/α,β-unsaturated/α-hetero) is 1. The van der Waals surface area contributed by atoms with Crippen LogP contribution in [-0.4, -0.2) is 35.2 Å². The van der Waals surface area contributed by atoms with E-state index in [0.29, 0.717) is 41.6 Å². The summed E-state index contributed by atoms with van der Waals surface area (Å²) in [6, 6.07) is 14.3. The molecule has 8 nitrogen and oxygen atoms in total. The van der Waals surface area contributed by atoms with Gasteiger partial charge < -0.3 is 19.1 Å². The van der Waals surface area contributed by atoms with Crippen molar-refractivity contribution < 1.29 is 28.7 Å². The Balaban J connectivity index is 1.79. The van der Waals surface area contributed by atoms with E-state index in [0.717, 1.165) is 6.42 Å². The molecule has 1 N–H and O–H groups in total. The molecule has 8 heteroatoms. The summed E-state index contributed by atoms with van der Waals surface area (Å²) in [6.07, 6.45) is 2.50. The molecule has 3 aromatic rings. The summed E-state index contributed by atoms with van der Waals surface area (Å²) in [7, 11) is 0. The van der Waals surface area contributed by atoms with E-state index >= 15 is 0 Å². The number of hydrogen-bond acceptors (Lipinski definition) is 7. The lowest BCUT2D eigenvalue weighted by Gasteiger charge is -2.23. The van der Waals surface area contributed by atoms with Crippen molar-refractivity contribution in [3.05, 3.63) is 89.7 Å². The standard InChI is InChI=1S/C27H26N2O6/c1-4-14-33-20-10-6-18(7-11-20)24-23(25(30)19-8-12-21(13-9-19)34-15-5-2)26(31)27(32)29(24)22-16-17(3)35-28-22/h4,6-13,16,24,30H,1,5,14-15H2,2-3H3/t24-/m0/s1. The summed E-state index contributed by atoms with van der Waals surface area (Å²) >= 11 is 0. The molecular formula is C27H26N2O6. The normalized spacial score (nSPS) is 17.0. The molecule has 0 bridgehead atoms. The first kappa shape index (κ1) is 23.8. The number of anilines is 1. The third kappa shape index (κ3) is 4.82. The Morgan fingerprint density at radius 3 is 2.37 bits per heavy atom. The number of ketones is 1. The van der Waals surface area contributed by atoms with E-state index in [-0.39, 0.29) is 17.2 Å². The highest BCUT2D eigenvalue weighted by molar-refractivity contribution is 6.51. The number of ether oxygens (including phenoxy) is 2. The lowest BCUT2D eigenvalue weighted by Crippen LogP contribution is -2.29. The molecule has 1 aliphatic heterocycles. The van der Waals surface area contributed by atoms with Gasteiger partial charge in [0.2, 0.25) is 0 Å². The Morgan fingerprint density at radius 1 is 1.11 bits per heavy atom. The molecule has 1 saturated heterocycles. The Bertz CT molecular complexity index is 1260. The molecule has 0 aliphatic carbocycles. The summed E-state index contributed by atoms with van der Waals surface area (Å²) in [5, 5.41) is 15.2. The number of aryl methyl sites for hydroxylation is 1. The number of aliphatic hydroxyl groups excluding tert-OH is 1. The average molecular weight is 475 g/mol. The first-order valence-corrected chi connectivity index (χ1v) is 11.3. The highest BCUT2D eigenvalue weighted by Gasteiger charge is 2.48. The van der Waals surface area contributed by atoms with Crippen LogP contribution in [0.15, 0.2) is 77.3 Å². The van der Waals surface area contributed by atoms with Crippen LogP contribution in [-0.2, 0) is 9.59 Å². The number of benzene rings is 2. The maximum Gasteiger partial charge on any atom is 0.301 e. The van der Waals surface area contributed by atoms with Crippen LogP contribution in [0, 0.1) is 6.92 Å². The summed E-state index contributed by atoms with van der Waals surface area (Å²) in [5.74, 6) is 0.0100. The fourth-order valence-electron chi connectivity index (χ4n) is 3.84. The molecule has 1 fully saturated rings. The van der Waals surface area contributed by atoms with E-state index < -0.39 is 17.7 Å². The number of aromatic nitrogens is 1. The first-order chi connectivity index (χ1) is 16.9. The van der Waals surface area contributed by atoms with Gasteiger partial charge in [-0.3, -0.25) is 14.5 Å². The SMILES string of the molecule is C=CCOc1ccc([C@H]2C(=C(O)c3ccc(OCCC)cc3)C(=O)C(=O)N2c2cc(C)on2)cc1. The lowest BCUT2D eigenvalue weighted by atomic mass is 9.95. The first-order valence-electron chi connectivity index (χ1n) is 11.3. The van der Waals surface area contributed by atoms with Gasteiger partial charge in [0.25, 0.3) is 5.78 Å². The number of aliphatic hydroxyl groups is 1. The monoisotopic (exact) mass is 474 g/mol. The van der Waals surface area contributed by atoms with Crippen molar-refractivity contribution in [3.8, 4) is 11.5 Å². The fraction of sp³-hybridized carbons (Fsp3) is 0.222. The molecule has 1 aromatic heterocycles. The van der Waals surface area contributed by atoms with Crippen LogP contribution in [0.3, 0.4) is 0 Å². The molecule has 35 heavy (non-hydrogen) atoms. The predicted molar refractivity (Wildman–Crippen MR) is 130 cm³/mol. The lowest BCUT2D eigenvalue weighted by molar-refractivity contribution is -0.132. The largest absolute Gasteiger partial charge is 0.507 e. The minimum Gasteiger partial charge on any atom is -0.507 e. The van der Waals surface area contributed by atoms with Gasteiger partial charge in [0.05, 0.1) is 18.2 Å². The molecule has 0 unspecified atom stereocenters. The summed E-state index contributed by atoms with van der Waals surface area (Å²) in [4.78, 5) is 27.5. The second kappa shape index (κ2) is 10.3. The van der Waals surface area contributed by atoms with E-state index in [1.807, 2.05) is 6.92 Å². The van der Waals surface area contributed by atoms with Gasteiger partial charge in [-0.1, -0.05) is 36.9 Å². The smallest absolute Gasteiger partial charge is 0.301 e. The summed E-state index contributed by atoms with van der Waals surface area (Å²) in [5.41, 5.74) is 0.942. The number of amides is 1. The van der Waals surface area contributed by atoms with E-state index in [1.165, 1.54) is 4.90 Å². The maximum absolute atomic E-state index is 13.2. The second-order valence-corrected chi connectivity index (χ2v) is 8.01. The van der Waals surface area contributed by atoms with Crippen molar-refractivity contribution >= 4 is 23.3 Å². The van der Waals surface area contributed by atoms with Crippen LogP contribution >= 0.6 is 0 Å². The molecule has 2 aromatic carbocycles. The topological polar surface area (TPSA) is 102 Å². The zero-order chi connectivity index (χ0) is 24.9. The van der Waals surface area contributed by atoms with E-state index in [2.05, 4.69) is 11.7 Å². The molecule has 0 radical (unpaired) electrons. The average Bonchev–Trinajstić information content (AvgIpc) is 3.42. The van der Waals surface area contributed by atoms with Gasteiger partial charge in [0.1, 0.15) is 29.6 Å². The molecule has 0 saturated carbocycles. The highest BCUT2D eigenvalue weighted by atomic mass is 16.5. The van der Waals surface area contributed by atoms with Crippen LogP contribution in [0.25, 0.3) is 5.76 Å². The van der Waals surface area contributed by atoms with Crippen LogP contribution in [0.4, 0.5) is 5.82 Å². The number of hydrogen-bond donors (Lipinski definition) is 1. The van der Waals surface area contributed by atoms with Gasteiger partial charge in [0, 0.05) is 11.6 Å². The second-order valence-electron chi connectivity index (χ2n) is 8.01. The van der Waals surface area contributed by atoms with Crippen LogP contribution in [0.5, 0.6) is 11.5 Å². The van der Waals surface area contributed by atoms with Crippen molar-refractivity contribution in [1.82, 2.24) is 5.16 Å². The molecule has 1 atom stereocenters. The molecule has 1 amide bonds. The third-order valence-corrected chi connectivity index (χ3v) is 5.47. The third-order valence-electron chi connectivity index (χ3n) is 5.47. The molecular weight excluding hydrogens is 448 g/mol. The molecule has 180 valence electrons. The van der Waals surface area contributed by atoms with Gasteiger partial charge in [-0.15, -0.1) is 0 Å². The van der Waals surface area contributed by atoms with Gasteiger partial charge in [0.15, 0.2) is 5.82 Å². The highest BCUT2D eigenvalue weighted by Crippen LogP contribution is 2.42. The van der Waals surface area contributed by atoms with Crippen molar-refractivity contribution in [3.63, 3.8) is 0 Å². The number of nitrogens with zero attached hydrogens (tertiary/aromatic N) is 2. The van der Waals surface area contributed by atoms with Crippen molar-refractivity contribution in [2.75, 3.05) is 18.1 Å². The van der Waals surface area contributed by atoms with E-state index in [4.69, 9.17) is 14.0 Å². The van der Waals surface area contributed by atoms with Gasteiger partial charge in [-0.25, -0.2) is 0 Å². The van der Waals surface area contributed by atoms with E-state index in [1.54, 1.807) is 67.6 Å². The van der Waals surface area contributed by atoms with Gasteiger partial charge in [-0.2, -0.15) is 0 Å². The summed E-state index contributed by atoms with van der Waals surface area (Å²) in [6.45, 7) is 8.24. The maximum atomic E-state index is 13.2. The Labute approximate surface area is 203 Å². The van der Waals surface area contributed by atoms with Crippen LogP contribution in [0.2, 0.25) is 0 Å². The summed E-state index contributed by atoms with van der Waals surface area (Å²) < 4.78 is 16.3.